The van der Waals surface area contributed by atoms with Crippen molar-refractivity contribution in [3.8, 4) is 0 Å². The summed E-state index contributed by atoms with van der Waals surface area (Å²) in [4.78, 5) is 29.2. The fraction of sp³-hybridized carbons (Fsp3) is 0.167. The van der Waals surface area contributed by atoms with Crippen LogP contribution in [0.15, 0.2) is 41.2 Å². The SMILES string of the molecule is CN(Cc1c(F)cccc1Cl)C(=O)c1ccc2c(=O)n(C)c(=S)[nH]c2c1. The molecule has 0 radical (unpaired) electrons. The van der Waals surface area contributed by atoms with Crippen LogP contribution in [0.4, 0.5) is 4.39 Å². The van der Waals surface area contributed by atoms with Gasteiger partial charge in [-0.3, -0.25) is 14.2 Å². The Kier molecular flexibility index (Phi) is 4.93. The van der Waals surface area contributed by atoms with Crippen LogP contribution in [-0.4, -0.2) is 27.4 Å². The fourth-order valence-electron chi connectivity index (χ4n) is 2.65. The van der Waals surface area contributed by atoms with Crippen molar-refractivity contribution in [3.63, 3.8) is 0 Å². The van der Waals surface area contributed by atoms with Gasteiger partial charge in [-0.15, -0.1) is 0 Å². The number of carbonyl (C=O) groups is 1. The quantitative estimate of drug-likeness (QED) is 0.693. The van der Waals surface area contributed by atoms with Gasteiger partial charge in [0, 0.05) is 36.8 Å². The molecule has 0 bridgehead atoms. The predicted octanol–water partition coefficient (Wildman–Crippen LogP) is 3.66. The topological polar surface area (TPSA) is 58.1 Å². The standard InChI is InChI=1S/C18H15ClFN3O2S/c1-22(9-12-13(19)4-3-5-14(12)20)16(24)10-6-7-11-15(8-10)21-18(26)23(2)17(11)25/h3-8H,9H2,1-2H3,(H,21,26). The van der Waals surface area contributed by atoms with Gasteiger partial charge in [0.05, 0.1) is 10.9 Å². The molecule has 1 aromatic heterocycles. The number of amides is 1. The van der Waals surface area contributed by atoms with Crippen LogP contribution >= 0.6 is 23.8 Å². The maximum Gasteiger partial charge on any atom is 0.261 e. The first-order valence-corrected chi connectivity index (χ1v) is 8.49. The van der Waals surface area contributed by atoms with Crippen molar-refractivity contribution < 1.29 is 9.18 Å². The van der Waals surface area contributed by atoms with Gasteiger partial charge in [0.15, 0.2) is 4.77 Å². The van der Waals surface area contributed by atoms with E-state index in [-0.39, 0.29) is 33.4 Å². The molecule has 134 valence electrons. The van der Waals surface area contributed by atoms with E-state index in [0.29, 0.717) is 16.5 Å². The highest BCUT2D eigenvalue weighted by atomic mass is 35.5. The molecule has 3 aromatic rings. The third kappa shape index (κ3) is 3.27. The molecule has 0 unspecified atom stereocenters. The van der Waals surface area contributed by atoms with E-state index in [4.69, 9.17) is 23.8 Å². The first kappa shape index (κ1) is 18.3. The average Bonchev–Trinajstić information content (AvgIpc) is 2.61. The Bertz CT molecular complexity index is 1120. The summed E-state index contributed by atoms with van der Waals surface area (Å²) in [6, 6.07) is 9.07. The van der Waals surface area contributed by atoms with E-state index in [2.05, 4.69) is 4.98 Å². The summed E-state index contributed by atoms with van der Waals surface area (Å²) in [6.07, 6.45) is 0. The first-order valence-electron chi connectivity index (χ1n) is 7.71. The molecule has 26 heavy (non-hydrogen) atoms. The van der Waals surface area contributed by atoms with Crippen LogP contribution in [0.3, 0.4) is 0 Å². The van der Waals surface area contributed by atoms with Gasteiger partial charge in [-0.2, -0.15) is 0 Å². The molecule has 1 N–H and O–H groups in total. The summed E-state index contributed by atoms with van der Waals surface area (Å²) >= 11 is 11.1. The van der Waals surface area contributed by atoms with Crippen LogP contribution in [0, 0.1) is 10.6 Å². The molecule has 0 atom stereocenters. The van der Waals surface area contributed by atoms with Crippen LogP contribution in [0.1, 0.15) is 15.9 Å². The monoisotopic (exact) mass is 391 g/mol. The number of fused-ring (bicyclic) bond motifs is 1. The maximum absolute atomic E-state index is 13.9. The minimum Gasteiger partial charge on any atom is -0.337 e. The molecule has 0 saturated heterocycles. The molecular formula is C18H15ClFN3O2S. The van der Waals surface area contributed by atoms with Gasteiger partial charge in [0.1, 0.15) is 5.82 Å². The van der Waals surface area contributed by atoms with Crippen molar-refractivity contribution in [2.24, 2.45) is 7.05 Å². The Balaban J connectivity index is 1.96. The van der Waals surface area contributed by atoms with Crippen molar-refractivity contribution in [1.82, 2.24) is 14.5 Å². The normalized spacial score (nSPS) is 10.9. The number of halogens is 2. The van der Waals surface area contributed by atoms with Gasteiger partial charge in [0.25, 0.3) is 11.5 Å². The summed E-state index contributed by atoms with van der Waals surface area (Å²) in [5, 5.41) is 0.688. The fourth-order valence-corrected chi connectivity index (χ4v) is 3.07. The number of nitrogens with zero attached hydrogens (tertiary/aromatic N) is 2. The second-order valence-corrected chi connectivity index (χ2v) is 6.71. The molecule has 3 rings (SSSR count). The summed E-state index contributed by atoms with van der Waals surface area (Å²) in [7, 11) is 3.13. The minimum absolute atomic E-state index is 0.0228. The molecule has 1 amide bonds. The van der Waals surface area contributed by atoms with Crippen molar-refractivity contribution in [1.29, 1.82) is 0 Å². The average molecular weight is 392 g/mol. The molecule has 5 nitrogen and oxygen atoms in total. The van der Waals surface area contributed by atoms with Crippen LogP contribution in [0.5, 0.6) is 0 Å². The number of rotatable bonds is 3. The molecule has 2 aromatic carbocycles. The summed E-state index contributed by atoms with van der Waals surface area (Å²) in [5.41, 5.74) is 0.834. The molecule has 0 aliphatic carbocycles. The van der Waals surface area contributed by atoms with Crippen molar-refractivity contribution in [3.05, 3.63) is 73.5 Å². The van der Waals surface area contributed by atoms with E-state index >= 15 is 0 Å². The highest BCUT2D eigenvalue weighted by Crippen LogP contribution is 2.21. The number of aromatic nitrogens is 2. The van der Waals surface area contributed by atoms with Crippen LogP contribution in [-0.2, 0) is 13.6 Å². The summed E-state index contributed by atoms with van der Waals surface area (Å²) in [6.45, 7) is 0.0228. The molecule has 0 aliphatic rings. The highest BCUT2D eigenvalue weighted by Gasteiger charge is 2.17. The Morgan fingerprint density at radius 2 is 2.08 bits per heavy atom. The van der Waals surface area contributed by atoms with E-state index in [1.54, 1.807) is 38.4 Å². The third-order valence-corrected chi connectivity index (χ3v) is 4.88. The van der Waals surface area contributed by atoms with Crippen LogP contribution < -0.4 is 5.56 Å². The zero-order valence-corrected chi connectivity index (χ0v) is 15.6. The Hall–Kier alpha value is -2.51. The smallest absolute Gasteiger partial charge is 0.261 e. The van der Waals surface area contributed by atoms with Gasteiger partial charge >= 0.3 is 0 Å². The van der Waals surface area contributed by atoms with E-state index in [1.165, 1.54) is 21.6 Å². The molecule has 0 saturated carbocycles. The van der Waals surface area contributed by atoms with Crippen molar-refractivity contribution in [2.45, 2.75) is 6.54 Å². The largest absolute Gasteiger partial charge is 0.337 e. The first-order chi connectivity index (χ1) is 12.3. The van der Waals surface area contributed by atoms with Gasteiger partial charge in [-0.1, -0.05) is 17.7 Å². The zero-order chi connectivity index (χ0) is 19.0. The van der Waals surface area contributed by atoms with E-state index < -0.39 is 5.82 Å². The van der Waals surface area contributed by atoms with Gasteiger partial charge < -0.3 is 9.88 Å². The summed E-state index contributed by atoms with van der Waals surface area (Å²) in [5.74, 6) is -0.797. The second kappa shape index (κ2) is 7.01. The minimum atomic E-state index is -0.469. The van der Waals surface area contributed by atoms with E-state index in [9.17, 15) is 14.0 Å². The van der Waals surface area contributed by atoms with Gasteiger partial charge in [0.2, 0.25) is 0 Å². The molecule has 1 heterocycles. The number of aromatic amines is 1. The summed E-state index contributed by atoms with van der Waals surface area (Å²) < 4.78 is 15.5. The molecule has 8 heteroatoms. The number of benzene rings is 2. The predicted molar refractivity (Wildman–Crippen MR) is 102 cm³/mol. The Morgan fingerprint density at radius 3 is 2.77 bits per heavy atom. The Labute approximate surface area is 158 Å². The molecule has 0 aliphatic heterocycles. The lowest BCUT2D eigenvalue weighted by molar-refractivity contribution is 0.0784. The van der Waals surface area contributed by atoms with Gasteiger partial charge in [-0.25, -0.2) is 4.39 Å². The number of hydrogen-bond acceptors (Lipinski definition) is 3. The van der Waals surface area contributed by atoms with Crippen LogP contribution in [0.25, 0.3) is 10.9 Å². The second-order valence-electron chi connectivity index (χ2n) is 5.92. The van der Waals surface area contributed by atoms with Crippen LogP contribution in [0.2, 0.25) is 5.02 Å². The van der Waals surface area contributed by atoms with E-state index in [1.807, 2.05) is 0 Å². The number of nitrogens with one attached hydrogen (secondary N) is 1. The number of carbonyl (C=O) groups excluding carboxylic acids is 1. The lowest BCUT2D eigenvalue weighted by Gasteiger charge is -2.19. The number of H-pyrrole nitrogens is 1. The number of hydrogen-bond donors (Lipinski definition) is 1. The molecule has 0 fully saturated rings. The Morgan fingerprint density at radius 1 is 1.35 bits per heavy atom. The molecular weight excluding hydrogens is 377 g/mol. The lowest BCUT2D eigenvalue weighted by atomic mass is 10.1. The lowest BCUT2D eigenvalue weighted by Crippen LogP contribution is -2.27. The maximum atomic E-state index is 13.9. The van der Waals surface area contributed by atoms with Gasteiger partial charge in [-0.05, 0) is 42.5 Å². The highest BCUT2D eigenvalue weighted by molar-refractivity contribution is 7.71. The molecule has 0 spiro atoms. The van der Waals surface area contributed by atoms with Crippen molar-refractivity contribution in [2.75, 3.05) is 7.05 Å². The third-order valence-electron chi connectivity index (χ3n) is 4.15. The van der Waals surface area contributed by atoms with Crippen molar-refractivity contribution >= 4 is 40.6 Å². The zero-order valence-electron chi connectivity index (χ0n) is 14.0. The van der Waals surface area contributed by atoms with E-state index in [0.717, 1.165) is 0 Å².